The molecule has 246 valence electrons. The van der Waals surface area contributed by atoms with E-state index in [0.717, 1.165) is 23.5 Å². The summed E-state index contributed by atoms with van der Waals surface area (Å²) in [6.07, 6.45) is 11.4. The Morgan fingerprint density at radius 2 is 1.40 bits per heavy atom. The first-order chi connectivity index (χ1) is 21.8. The number of hydrogen-bond donors (Lipinski definition) is 2. The number of esters is 2. The summed E-state index contributed by atoms with van der Waals surface area (Å²) < 4.78 is 22.0. The van der Waals surface area contributed by atoms with E-state index in [-0.39, 0.29) is 37.6 Å². The molecule has 45 heavy (non-hydrogen) atoms. The number of carbonyl (C=O) groups excluding carboxylic acids is 2. The van der Waals surface area contributed by atoms with Crippen molar-refractivity contribution < 1.29 is 38.7 Å². The van der Waals surface area contributed by atoms with E-state index in [9.17, 15) is 9.59 Å². The van der Waals surface area contributed by atoms with Crippen molar-refractivity contribution >= 4 is 11.9 Å². The maximum absolute atomic E-state index is 11.8. The quantitative estimate of drug-likeness (QED) is 0.101. The highest BCUT2D eigenvalue weighted by atomic mass is 16.6. The summed E-state index contributed by atoms with van der Waals surface area (Å²) in [4.78, 5) is 23.6. The first-order valence-electron chi connectivity index (χ1n) is 16.2. The summed E-state index contributed by atoms with van der Waals surface area (Å²) in [5.74, 6) is 0.996. The van der Waals surface area contributed by atoms with Gasteiger partial charge in [0.1, 0.15) is 26.4 Å². The summed E-state index contributed by atoms with van der Waals surface area (Å²) in [7, 11) is 0. The van der Waals surface area contributed by atoms with Gasteiger partial charge in [-0.2, -0.15) is 0 Å². The monoisotopic (exact) mass is 622 g/mol. The molecule has 1 fully saturated rings. The van der Waals surface area contributed by atoms with E-state index in [0.29, 0.717) is 17.4 Å². The van der Waals surface area contributed by atoms with Gasteiger partial charge in [-0.1, -0.05) is 77.0 Å². The van der Waals surface area contributed by atoms with E-state index >= 15 is 0 Å². The SMILES string of the molecule is C=C(CO)C(=O)OCCOc1ccc(-c2ccc(C3CCC(CCCCC)CC3)cc2CC)cc1OCCOC(=O)C(=C)CO. The fraction of sp³-hybridized carbons (Fsp3) is 0.514. The smallest absolute Gasteiger partial charge is 0.335 e. The van der Waals surface area contributed by atoms with E-state index in [1.54, 1.807) is 0 Å². The third-order valence-corrected chi connectivity index (χ3v) is 8.41. The Labute approximate surface area is 268 Å². The van der Waals surface area contributed by atoms with Crippen LogP contribution in [0.3, 0.4) is 0 Å². The second kappa shape index (κ2) is 19.0. The Morgan fingerprint density at radius 3 is 1.98 bits per heavy atom. The zero-order valence-electron chi connectivity index (χ0n) is 27.0. The van der Waals surface area contributed by atoms with Gasteiger partial charge in [-0.3, -0.25) is 0 Å². The molecule has 0 radical (unpaired) electrons. The van der Waals surface area contributed by atoms with Gasteiger partial charge in [-0.15, -0.1) is 0 Å². The Kier molecular flexibility index (Phi) is 15.2. The van der Waals surface area contributed by atoms with Gasteiger partial charge in [0.2, 0.25) is 0 Å². The average Bonchev–Trinajstić information content (AvgIpc) is 3.08. The molecule has 2 aromatic rings. The molecule has 1 aliphatic rings. The Morgan fingerprint density at radius 1 is 0.778 bits per heavy atom. The lowest BCUT2D eigenvalue weighted by atomic mass is 9.76. The number of aliphatic hydroxyl groups excluding tert-OH is 2. The zero-order valence-corrected chi connectivity index (χ0v) is 27.0. The van der Waals surface area contributed by atoms with E-state index < -0.39 is 25.2 Å². The molecular weight excluding hydrogens is 572 g/mol. The maximum atomic E-state index is 11.8. The van der Waals surface area contributed by atoms with Gasteiger partial charge in [0.25, 0.3) is 0 Å². The van der Waals surface area contributed by atoms with Crippen LogP contribution in [0.2, 0.25) is 0 Å². The van der Waals surface area contributed by atoms with Crippen LogP contribution in [-0.4, -0.2) is 61.8 Å². The number of aryl methyl sites for hydroxylation is 1. The van der Waals surface area contributed by atoms with Crippen LogP contribution in [0, 0.1) is 5.92 Å². The van der Waals surface area contributed by atoms with Crippen molar-refractivity contribution in [3.05, 3.63) is 71.8 Å². The molecule has 8 nitrogen and oxygen atoms in total. The van der Waals surface area contributed by atoms with E-state index in [1.807, 2.05) is 18.2 Å². The summed E-state index contributed by atoms with van der Waals surface area (Å²) in [5.41, 5.74) is 4.71. The van der Waals surface area contributed by atoms with Gasteiger partial charge < -0.3 is 29.2 Å². The number of carbonyl (C=O) groups is 2. The van der Waals surface area contributed by atoms with Crippen LogP contribution in [0.25, 0.3) is 11.1 Å². The number of aliphatic hydroxyl groups is 2. The van der Waals surface area contributed by atoms with Crippen molar-refractivity contribution in [1.29, 1.82) is 0 Å². The van der Waals surface area contributed by atoms with Gasteiger partial charge in [-0.05, 0) is 78.3 Å². The van der Waals surface area contributed by atoms with Gasteiger partial charge in [0.05, 0.1) is 24.4 Å². The first kappa shape index (κ1) is 35.9. The largest absolute Gasteiger partial charge is 0.486 e. The highest BCUT2D eigenvalue weighted by Gasteiger charge is 2.23. The number of benzene rings is 2. The predicted octanol–water partition coefficient (Wildman–Crippen LogP) is 6.71. The molecule has 0 heterocycles. The van der Waals surface area contributed by atoms with Gasteiger partial charge in [-0.25, -0.2) is 9.59 Å². The predicted molar refractivity (Wildman–Crippen MR) is 175 cm³/mol. The first-order valence-corrected chi connectivity index (χ1v) is 16.2. The third-order valence-electron chi connectivity index (χ3n) is 8.41. The molecule has 8 heteroatoms. The standard InChI is InChI=1S/C37H50O8/c1-5-7-8-9-28-10-12-30(13-11-28)31-14-16-33(29(6-2)22-31)32-15-17-34(42-18-20-44-36(40)26(3)24-38)35(23-32)43-19-21-45-37(41)27(4)25-39/h14-17,22-23,28,30,38-39H,3-13,18-21,24-25H2,1-2H3. The van der Waals surface area contributed by atoms with Gasteiger partial charge in [0, 0.05) is 0 Å². The summed E-state index contributed by atoms with van der Waals surface area (Å²) in [5, 5.41) is 18.1. The van der Waals surface area contributed by atoms with Crippen LogP contribution >= 0.6 is 0 Å². The minimum absolute atomic E-state index is 0.0324. The molecule has 0 aromatic heterocycles. The molecule has 0 amide bonds. The third kappa shape index (κ3) is 11.0. The number of hydrogen-bond acceptors (Lipinski definition) is 8. The molecule has 1 saturated carbocycles. The second-order valence-electron chi connectivity index (χ2n) is 11.6. The highest BCUT2D eigenvalue weighted by Crippen LogP contribution is 2.40. The zero-order chi connectivity index (χ0) is 32.6. The molecule has 2 N–H and O–H groups in total. The minimum atomic E-state index is -0.685. The van der Waals surface area contributed by atoms with Crippen molar-refractivity contribution in [3.63, 3.8) is 0 Å². The molecular formula is C37H50O8. The minimum Gasteiger partial charge on any atom is -0.486 e. The van der Waals surface area contributed by atoms with Gasteiger partial charge >= 0.3 is 11.9 Å². The molecule has 0 bridgehead atoms. The lowest BCUT2D eigenvalue weighted by Crippen LogP contribution is -2.16. The van der Waals surface area contributed by atoms with Crippen molar-refractivity contribution in [3.8, 4) is 22.6 Å². The van der Waals surface area contributed by atoms with Crippen molar-refractivity contribution in [2.45, 2.75) is 77.6 Å². The Bertz CT molecular complexity index is 1280. The van der Waals surface area contributed by atoms with Crippen LogP contribution in [-0.2, 0) is 25.5 Å². The van der Waals surface area contributed by atoms with Crippen LogP contribution in [0.1, 0.15) is 82.3 Å². The molecule has 2 aromatic carbocycles. The fourth-order valence-electron chi connectivity index (χ4n) is 5.72. The maximum Gasteiger partial charge on any atom is 0.335 e. The molecule has 0 atom stereocenters. The number of unbranched alkanes of at least 4 members (excludes halogenated alkanes) is 2. The fourth-order valence-corrected chi connectivity index (χ4v) is 5.72. The normalized spacial score (nSPS) is 16.1. The molecule has 1 aliphatic carbocycles. The van der Waals surface area contributed by atoms with Crippen molar-refractivity contribution in [2.24, 2.45) is 5.92 Å². The molecule has 0 saturated heterocycles. The molecule has 0 aliphatic heterocycles. The van der Waals surface area contributed by atoms with E-state index in [2.05, 4.69) is 45.2 Å². The van der Waals surface area contributed by atoms with E-state index in [4.69, 9.17) is 29.2 Å². The highest BCUT2D eigenvalue weighted by molar-refractivity contribution is 5.88. The lowest BCUT2D eigenvalue weighted by Gasteiger charge is -2.29. The van der Waals surface area contributed by atoms with Crippen LogP contribution in [0.5, 0.6) is 11.5 Å². The average molecular weight is 623 g/mol. The van der Waals surface area contributed by atoms with Gasteiger partial charge in [0.15, 0.2) is 11.5 Å². The molecule has 3 rings (SSSR count). The topological polar surface area (TPSA) is 112 Å². The Hall–Kier alpha value is -3.62. The lowest BCUT2D eigenvalue weighted by molar-refractivity contribution is -0.141. The summed E-state index contributed by atoms with van der Waals surface area (Å²) in [6, 6.07) is 12.5. The number of rotatable bonds is 19. The van der Waals surface area contributed by atoms with Crippen LogP contribution in [0.4, 0.5) is 0 Å². The van der Waals surface area contributed by atoms with Crippen LogP contribution < -0.4 is 9.47 Å². The number of ether oxygens (including phenoxy) is 4. The molecule has 0 spiro atoms. The van der Waals surface area contributed by atoms with Crippen molar-refractivity contribution in [1.82, 2.24) is 0 Å². The summed E-state index contributed by atoms with van der Waals surface area (Å²) in [6.45, 7) is 10.4. The molecule has 0 unspecified atom stereocenters. The Balaban J connectivity index is 1.72. The van der Waals surface area contributed by atoms with E-state index in [1.165, 1.54) is 62.5 Å². The summed E-state index contributed by atoms with van der Waals surface area (Å²) >= 11 is 0. The van der Waals surface area contributed by atoms with Crippen LogP contribution in [0.15, 0.2) is 60.7 Å². The second-order valence-corrected chi connectivity index (χ2v) is 11.6. The van der Waals surface area contributed by atoms with Crippen molar-refractivity contribution in [2.75, 3.05) is 39.6 Å².